The minimum atomic E-state index is -0.591. The second-order valence-corrected chi connectivity index (χ2v) is 5.11. The van der Waals surface area contributed by atoms with E-state index in [0.717, 1.165) is 23.7 Å². The van der Waals surface area contributed by atoms with E-state index in [1.807, 2.05) is 24.6 Å². The molecule has 0 aliphatic heterocycles. The van der Waals surface area contributed by atoms with Gasteiger partial charge in [-0.3, -0.25) is 9.48 Å². The minimum Gasteiger partial charge on any atom is -0.352 e. The van der Waals surface area contributed by atoms with Crippen molar-refractivity contribution in [1.29, 1.82) is 0 Å². The number of hydrogen-bond acceptors (Lipinski definition) is 3. The zero-order valence-corrected chi connectivity index (χ0v) is 12.6. The highest BCUT2D eigenvalue weighted by Gasteiger charge is 2.12. The van der Waals surface area contributed by atoms with Gasteiger partial charge in [-0.1, -0.05) is 11.6 Å². The van der Waals surface area contributed by atoms with Crippen LogP contribution in [0.25, 0.3) is 0 Å². The molecule has 2 rings (SSSR count). The summed E-state index contributed by atoms with van der Waals surface area (Å²) in [4.78, 5) is 15.5. The highest BCUT2D eigenvalue weighted by Crippen LogP contribution is 2.13. The molecule has 0 saturated heterocycles. The molecule has 1 N–H and O–H groups in total. The molecule has 2 aromatic rings. The van der Waals surface area contributed by atoms with Crippen LogP contribution in [0.4, 0.5) is 4.39 Å². The van der Waals surface area contributed by atoms with Crippen molar-refractivity contribution in [3.63, 3.8) is 0 Å². The van der Waals surface area contributed by atoms with Crippen LogP contribution in [0.15, 0.2) is 18.3 Å². The molecule has 0 unspecified atom stereocenters. The number of aryl methyl sites for hydroxylation is 3. The lowest BCUT2D eigenvalue weighted by Gasteiger charge is -2.07. The first-order chi connectivity index (χ1) is 9.97. The normalized spacial score (nSPS) is 10.7. The summed E-state index contributed by atoms with van der Waals surface area (Å²) < 4.78 is 14.9. The molecule has 0 bridgehead atoms. The molecule has 0 radical (unpaired) electrons. The summed E-state index contributed by atoms with van der Waals surface area (Å²) in [6.07, 6.45) is 1.69. The Bertz CT molecular complexity index is 656. The third-order valence-electron chi connectivity index (χ3n) is 2.99. The van der Waals surface area contributed by atoms with E-state index >= 15 is 0 Å². The third kappa shape index (κ3) is 4.01. The molecule has 0 aliphatic carbocycles. The third-order valence-corrected chi connectivity index (χ3v) is 3.29. The van der Waals surface area contributed by atoms with Crippen molar-refractivity contribution in [3.8, 4) is 0 Å². The Labute approximate surface area is 127 Å². The van der Waals surface area contributed by atoms with Gasteiger partial charge in [0.15, 0.2) is 0 Å². The summed E-state index contributed by atoms with van der Waals surface area (Å²) >= 11 is 5.77. The van der Waals surface area contributed by atoms with Gasteiger partial charge >= 0.3 is 0 Å². The molecule has 112 valence electrons. The van der Waals surface area contributed by atoms with Crippen molar-refractivity contribution in [2.24, 2.45) is 0 Å². The Morgan fingerprint density at radius 1 is 1.43 bits per heavy atom. The van der Waals surface area contributed by atoms with E-state index in [-0.39, 0.29) is 10.7 Å². The lowest BCUT2D eigenvalue weighted by Crippen LogP contribution is -2.26. The van der Waals surface area contributed by atoms with E-state index in [0.29, 0.717) is 19.5 Å². The number of nitrogens with one attached hydrogen (secondary N) is 1. The van der Waals surface area contributed by atoms with E-state index < -0.39 is 11.7 Å². The average Bonchev–Trinajstić information content (AvgIpc) is 2.75. The molecule has 21 heavy (non-hydrogen) atoms. The van der Waals surface area contributed by atoms with Crippen molar-refractivity contribution < 1.29 is 9.18 Å². The number of carbonyl (C=O) groups excluding carboxylic acids is 1. The van der Waals surface area contributed by atoms with E-state index in [1.54, 1.807) is 0 Å². The zero-order chi connectivity index (χ0) is 15.4. The highest BCUT2D eigenvalue weighted by atomic mass is 35.5. The Morgan fingerprint density at radius 2 is 2.19 bits per heavy atom. The topological polar surface area (TPSA) is 59.8 Å². The van der Waals surface area contributed by atoms with E-state index in [4.69, 9.17) is 11.6 Å². The Morgan fingerprint density at radius 3 is 2.86 bits per heavy atom. The van der Waals surface area contributed by atoms with Gasteiger partial charge in [0, 0.05) is 18.8 Å². The fourth-order valence-electron chi connectivity index (χ4n) is 2.01. The van der Waals surface area contributed by atoms with Crippen LogP contribution in [-0.2, 0) is 6.54 Å². The van der Waals surface area contributed by atoms with Gasteiger partial charge in [0.25, 0.3) is 5.91 Å². The van der Waals surface area contributed by atoms with Crippen molar-refractivity contribution in [2.75, 3.05) is 6.54 Å². The summed E-state index contributed by atoms with van der Waals surface area (Å²) in [6.45, 7) is 5.07. The molecule has 5 nitrogen and oxygen atoms in total. The molecule has 0 atom stereocenters. The maximum atomic E-state index is 13.1. The van der Waals surface area contributed by atoms with Crippen LogP contribution < -0.4 is 5.32 Å². The Hall–Kier alpha value is -1.95. The van der Waals surface area contributed by atoms with Gasteiger partial charge in [-0.15, -0.1) is 0 Å². The minimum absolute atomic E-state index is 0.00699. The number of nitrogens with zero attached hydrogens (tertiary/aromatic N) is 3. The smallest absolute Gasteiger partial charge is 0.254 e. The monoisotopic (exact) mass is 310 g/mol. The predicted molar refractivity (Wildman–Crippen MR) is 77.9 cm³/mol. The molecule has 0 aromatic carbocycles. The number of amides is 1. The summed E-state index contributed by atoms with van der Waals surface area (Å²) in [7, 11) is 0. The lowest BCUT2D eigenvalue weighted by atomic mass is 10.2. The molecule has 2 heterocycles. The predicted octanol–water partition coefficient (Wildman–Crippen LogP) is 2.51. The summed E-state index contributed by atoms with van der Waals surface area (Å²) in [5.41, 5.74) is 2.09. The zero-order valence-electron chi connectivity index (χ0n) is 11.9. The van der Waals surface area contributed by atoms with Crippen molar-refractivity contribution in [1.82, 2.24) is 20.1 Å². The average molecular weight is 311 g/mol. The number of carbonyl (C=O) groups is 1. The molecular formula is C14H16ClFN4O. The second kappa shape index (κ2) is 6.67. The first-order valence-corrected chi connectivity index (χ1v) is 6.95. The van der Waals surface area contributed by atoms with Crippen LogP contribution >= 0.6 is 11.6 Å². The van der Waals surface area contributed by atoms with E-state index in [1.165, 1.54) is 0 Å². The Balaban J connectivity index is 1.84. The quantitative estimate of drug-likeness (QED) is 0.682. The van der Waals surface area contributed by atoms with Crippen LogP contribution in [0, 0.1) is 19.7 Å². The highest BCUT2D eigenvalue weighted by molar-refractivity contribution is 6.32. The molecule has 0 spiro atoms. The lowest BCUT2D eigenvalue weighted by molar-refractivity contribution is 0.0952. The molecule has 0 aliphatic rings. The van der Waals surface area contributed by atoms with Crippen molar-refractivity contribution in [3.05, 3.63) is 46.3 Å². The second-order valence-electron chi connectivity index (χ2n) is 4.75. The molecule has 7 heteroatoms. The van der Waals surface area contributed by atoms with Crippen molar-refractivity contribution >= 4 is 17.5 Å². The first kappa shape index (κ1) is 15.4. The van der Waals surface area contributed by atoms with E-state index in [2.05, 4.69) is 15.4 Å². The number of rotatable bonds is 5. The van der Waals surface area contributed by atoms with Gasteiger partial charge in [0.1, 0.15) is 11.0 Å². The van der Waals surface area contributed by atoms with Crippen LogP contribution in [0.2, 0.25) is 5.15 Å². The SMILES string of the molecule is Cc1cc(C)n(CCCNC(=O)c2cc(F)cnc2Cl)n1. The maximum Gasteiger partial charge on any atom is 0.254 e. The molecule has 0 saturated carbocycles. The number of hydrogen-bond donors (Lipinski definition) is 1. The van der Waals surface area contributed by atoms with Crippen LogP contribution in [0.3, 0.4) is 0 Å². The number of halogens is 2. The summed E-state index contributed by atoms with van der Waals surface area (Å²) in [6, 6.07) is 3.07. The summed E-state index contributed by atoms with van der Waals surface area (Å²) in [5, 5.41) is 7.02. The van der Waals surface area contributed by atoms with Gasteiger partial charge in [-0.05, 0) is 32.4 Å². The number of aromatic nitrogens is 3. The van der Waals surface area contributed by atoms with Gasteiger partial charge in [-0.2, -0.15) is 5.10 Å². The maximum absolute atomic E-state index is 13.1. The molecule has 0 fully saturated rings. The van der Waals surface area contributed by atoms with Gasteiger partial charge in [-0.25, -0.2) is 9.37 Å². The molecular weight excluding hydrogens is 295 g/mol. The largest absolute Gasteiger partial charge is 0.352 e. The molecule has 2 aromatic heterocycles. The van der Waals surface area contributed by atoms with Gasteiger partial charge in [0.2, 0.25) is 0 Å². The standard InChI is InChI=1S/C14H16ClFN4O/c1-9-6-10(2)20(19-9)5-3-4-17-14(21)12-7-11(16)8-18-13(12)15/h6-8H,3-5H2,1-2H3,(H,17,21). The first-order valence-electron chi connectivity index (χ1n) is 6.57. The Kier molecular flexibility index (Phi) is 4.90. The fraction of sp³-hybridized carbons (Fsp3) is 0.357. The van der Waals surface area contributed by atoms with Crippen LogP contribution in [0.1, 0.15) is 28.2 Å². The van der Waals surface area contributed by atoms with Crippen molar-refractivity contribution in [2.45, 2.75) is 26.8 Å². The van der Waals surface area contributed by atoms with Gasteiger partial charge in [0.05, 0.1) is 17.5 Å². The fourth-order valence-corrected chi connectivity index (χ4v) is 2.20. The van der Waals surface area contributed by atoms with Crippen LogP contribution in [0.5, 0.6) is 0 Å². The summed E-state index contributed by atoms with van der Waals surface area (Å²) in [5.74, 6) is -1.02. The van der Waals surface area contributed by atoms with E-state index in [9.17, 15) is 9.18 Å². The van der Waals surface area contributed by atoms with Gasteiger partial charge < -0.3 is 5.32 Å². The number of pyridine rings is 1. The molecule has 1 amide bonds. The van der Waals surface area contributed by atoms with Crippen LogP contribution in [-0.4, -0.2) is 27.2 Å².